The molecule has 8 nitrogen and oxygen atoms in total. The van der Waals surface area contributed by atoms with Gasteiger partial charge < -0.3 is 25.2 Å². The van der Waals surface area contributed by atoms with Gasteiger partial charge in [0.05, 0.1) is 12.6 Å². The maximum atomic E-state index is 11.4. The minimum Gasteiger partial charge on any atom is -0.394 e. The first-order valence-corrected chi connectivity index (χ1v) is 5.42. The standard InChI is InChI=1S/C10H17NO7/c1-4(13)11(5(2)14)7-8(15)6(3-12)18-10(17)9(7)16/h6-10,12,15-17H,3H2,1-2H3/t6-,7+,8-,9+,10?/m1/s1. The van der Waals surface area contributed by atoms with Gasteiger partial charge in [-0.1, -0.05) is 0 Å². The maximum absolute atomic E-state index is 11.4. The monoisotopic (exact) mass is 263 g/mol. The fourth-order valence-electron chi connectivity index (χ4n) is 2.03. The molecule has 0 aliphatic carbocycles. The molecule has 0 aromatic carbocycles. The minimum atomic E-state index is -1.70. The molecule has 1 rings (SSSR count). The van der Waals surface area contributed by atoms with Gasteiger partial charge in [-0.15, -0.1) is 0 Å². The SMILES string of the molecule is CC(=O)N(C(C)=O)[C@H]1[C@H](O)[C@@H](CO)OC(O)[C@H]1O. The molecule has 1 aliphatic rings. The lowest BCUT2D eigenvalue weighted by atomic mass is 9.94. The van der Waals surface area contributed by atoms with E-state index in [1.807, 2.05) is 0 Å². The van der Waals surface area contributed by atoms with Gasteiger partial charge in [0.15, 0.2) is 6.29 Å². The number of amides is 2. The fourth-order valence-corrected chi connectivity index (χ4v) is 2.03. The Labute approximate surface area is 103 Å². The van der Waals surface area contributed by atoms with E-state index in [0.29, 0.717) is 4.90 Å². The van der Waals surface area contributed by atoms with Gasteiger partial charge in [-0.25, -0.2) is 0 Å². The smallest absolute Gasteiger partial charge is 0.226 e. The lowest BCUT2D eigenvalue weighted by Crippen LogP contribution is -2.66. The number of rotatable bonds is 2. The third-order valence-electron chi connectivity index (χ3n) is 2.84. The molecule has 5 atom stereocenters. The van der Waals surface area contributed by atoms with Gasteiger partial charge in [0.25, 0.3) is 0 Å². The Balaban J connectivity index is 3.07. The number of aliphatic hydroxyl groups is 4. The lowest BCUT2D eigenvalue weighted by Gasteiger charge is -2.44. The highest BCUT2D eigenvalue weighted by atomic mass is 16.6. The zero-order valence-corrected chi connectivity index (χ0v) is 10.1. The second kappa shape index (κ2) is 5.72. The quantitative estimate of drug-likeness (QED) is 0.423. The van der Waals surface area contributed by atoms with Crippen LogP contribution in [0.4, 0.5) is 0 Å². The summed E-state index contributed by atoms with van der Waals surface area (Å²) < 4.78 is 4.76. The van der Waals surface area contributed by atoms with Gasteiger partial charge in [0.1, 0.15) is 18.3 Å². The zero-order chi connectivity index (χ0) is 14.0. The molecule has 0 saturated carbocycles. The Kier molecular flexibility index (Phi) is 4.77. The van der Waals surface area contributed by atoms with E-state index in [2.05, 4.69) is 0 Å². The Hall–Kier alpha value is -1.06. The van der Waals surface area contributed by atoms with Crippen LogP contribution in [0.15, 0.2) is 0 Å². The van der Waals surface area contributed by atoms with Crippen molar-refractivity contribution in [1.29, 1.82) is 0 Å². The summed E-state index contributed by atoms with van der Waals surface area (Å²) in [6.07, 6.45) is -6.01. The molecule has 0 aromatic rings. The summed E-state index contributed by atoms with van der Waals surface area (Å²) in [5, 5.41) is 38.0. The molecule has 4 N–H and O–H groups in total. The summed E-state index contributed by atoms with van der Waals surface area (Å²) in [7, 11) is 0. The van der Waals surface area contributed by atoms with Gasteiger partial charge in [0.2, 0.25) is 11.8 Å². The molecule has 0 aromatic heterocycles. The maximum Gasteiger partial charge on any atom is 0.226 e. The van der Waals surface area contributed by atoms with Crippen molar-refractivity contribution in [2.45, 2.75) is 44.5 Å². The molecular formula is C10H17NO7. The second-order valence-corrected chi connectivity index (χ2v) is 4.13. The summed E-state index contributed by atoms with van der Waals surface area (Å²) in [5.74, 6) is -1.37. The van der Waals surface area contributed by atoms with Crippen LogP contribution in [0.25, 0.3) is 0 Å². The van der Waals surface area contributed by atoms with E-state index in [-0.39, 0.29) is 0 Å². The van der Waals surface area contributed by atoms with E-state index in [0.717, 1.165) is 13.8 Å². The molecule has 104 valence electrons. The highest BCUT2D eigenvalue weighted by Crippen LogP contribution is 2.24. The average molecular weight is 263 g/mol. The molecular weight excluding hydrogens is 246 g/mol. The molecule has 0 bridgehead atoms. The van der Waals surface area contributed by atoms with Gasteiger partial charge in [0, 0.05) is 13.8 Å². The summed E-state index contributed by atoms with van der Waals surface area (Å²) in [6.45, 7) is 1.57. The van der Waals surface area contributed by atoms with Crippen LogP contribution in [0.2, 0.25) is 0 Å². The summed E-state index contributed by atoms with van der Waals surface area (Å²) >= 11 is 0. The number of hydrogen-bond donors (Lipinski definition) is 4. The zero-order valence-electron chi connectivity index (χ0n) is 10.1. The minimum absolute atomic E-state index is 0.620. The van der Waals surface area contributed by atoms with E-state index < -0.39 is 49.1 Å². The number of imide groups is 1. The third kappa shape index (κ3) is 2.68. The van der Waals surface area contributed by atoms with Crippen molar-refractivity contribution >= 4 is 11.8 Å². The highest BCUT2D eigenvalue weighted by Gasteiger charge is 2.48. The van der Waals surface area contributed by atoms with Gasteiger partial charge >= 0.3 is 0 Å². The van der Waals surface area contributed by atoms with Crippen LogP contribution in [-0.4, -0.2) is 74.4 Å². The van der Waals surface area contributed by atoms with Crippen LogP contribution in [0, 0.1) is 0 Å². The van der Waals surface area contributed by atoms with Crippen LogP contribution in [0.5, 0.6) is 0 Å². The highest BCUT2D eigenvalue weighted by molar-refractivity contribution is 5.93. The van der Waals surface area contributed by atoms with Crippen molar-refractivity contribution in [3.63, 3.8) is 0 Å². The first-order chi connectivity index (χ1) is 8.31. The second-order valence-electron chi connectivity index (χ2n) is 4.13. The Bertz CT molecular complexity index is 320. The van der Waals surface area contributed by atoms with E-state index in [4.69, 9.17) is 9.84 Å². The number of ether oxygens (including phenoxy) is 1. The topological polar surface area (TPSA) is 128 Å². The van der Waals surface area contributed by atoms with E-state index in [1.165, 1.54) is 0 Å². The molecule has 1 heterocycles. The van der Waals surface area contributed by atoms with Crippen molar-refractivity contribution in [2.24, 2.45) is 0 Å². The van der Waals surface area contributed by atoms with E-state index >= 15 is 0 Å². The molecule has 1 fully saturated rings. The first-order valence-electron chi connectivity index (χ1n) is 5.42. The number of aliphatic hydroxyl groups excluding tert-OH is 4. The molecule has 1 unspecified atom stereocenters. The van der Waals surface area contributed by atoms with Gasteiger partial charge in [-0.3, -0.25) is 14.5 Å². The Morgan fingerprint density at radius 2 is 1.61 bits per heavy atom. The van der Waals surface area contributed by atoms with Crippen LogP contribution in [0.3, 0.4) is 0 Å². The van der Waals surface area contributed by atoms with Gasteiger partial charge in [-0.2, -0.15) is 0 Å². The molecule has 0 spiro atoms. The average Bonchev–Trinajstić information content (AvgIpc) is 2.27. The fraction of sp³-hybridized carbons (Fsp3) is 0.800. The normalized spacial score (nSPS) is 36.2. The number of carbonyl (C=O) groups is 2. The van der Waals surface area contributed by atoms with Crippen LogP contribution >= 0.6 is 0 Å². The van der Waals surface area contributed by atoms with Crippen LogP contribution in [0.1, 0.15) is 13.8 Å². The molecule has 2 amide bonds. The molecule has 1 aliphatic heterocycles. The Morgan fingerprint density at radius 3 is 2.00 bits per heavy atom. The summed E-state index contributed by atoms with van der Waals surface area (Å²) in [5.41, 5.74) is 0. The Morgan fingerprint density at radius 1 is 1.11 bits per heavy atom. The first kappa shape index (κ1) is 15.0. The summed E-state index contributed by atoms with van der Waals surface area (Å²) in [4.78, 5) is 23.4. The predicted octanol–water partition coefficient (Wildman–Crippen LogP) is -2.82. The lowest BCUT2D eigenvalue weighted by molar-refractivity contribution is -0.272. The van der Waals surface area contributed by atoms with Crippen LogP contribution in [-0.2, 0) is 14.3 Å². The largest absolute Gasteiger partial charge is 0.394 e. The van der Waals surface area contributed by atoms with Crippen molar-refractivity contribution < 1.29 is 34.8 Å². The number of carbonyl (C=O) groups excluding carboxylic acids is 2. The molecule has 18 heavy (non-hydrogen) atoms. The van der Waals surface area contributed by atoms with Crippen molar-refractivity contribution in [3.8, 4) is 0 Å². The number of hydrogen-bond acceptors (Lipinski definition) is 7. The van der Waals surface area contributed by atoms with Gasteiger partial charge in [-0.05, 0) is 0 Å². The third-order valence-corrected chi connectivity index (χ3v) is 2.84. The van der Waals surface area contributed by atoms with Crippen molar-refractivity contribution in [1.82, 2.24) is 4.90 Å². The van der Waals surface area contributed by atoms with Crippen molar-refractivity contribution in [3.05, 3.63) is 0 Å². The molecule has 0 radical (unpaired) electrons. The van der Waals surface area contributed by atoms with Crippen LogP contribution < -0.4 is 0 Å². The summed E-state index contributed by atoms with van der Waals surface area (Å²) in [6, 6.07) is -1.36. The predicted molar refractivity (Wildman–Crippen MR) is 57.0 cm³/mol. The molecule has 8 heteroatoms. The number of nitrogens with zero attached hydrogens (tertiary/aromatic N) is 1. The van der Waals surface area contributed by atoms with E-state index in [9.17, 15) is 24.9 Å². The molecule has 1 saturated heterocycles. The van der Waals surface area contributed by atoms with Crippen molar-refractivity contribution in [2.75, 3.05) is 6.61 Å². The van der Waals surface area contributed by atoms with E-state index in [1.54, 1.807) is 0 Å².